The van der Waals surface area contributed by atoms with Gasteiger partial charge < -0.3 is 10.1 Å². The number of hydrogen-bond donors (Lipinski definition) is 1. The maximum Gasteiger partial charge on any atom is 0.0700 e. The summed E-state index contributed by atoms with van der Waals surface area (Å²) in [5.74, 6) is 2.51. The molecule has 19 heavy (non-hydrogen) atoms. The molecule has 0 amide bonds. The van der Waals surface area contributed by atoms with Gasteiger partial charge in [-0.1, -0.05) is 20.8 Å². The Morgan fingerprint density at radius 1 is 1.26 bits per heavy atom. The normalized spacial score (nSPS) is 41.4. The van der Waals surface area contributed by atoms with Crippen molar-refractivity contribution >= 4 is 0 Å². The molecule has 1 N–H and O–H groups in total. The molecule has 5 atom stereocenters. The maximum absolute atomic E-state index is 5.79. The lowest BCUT2D eigenvalue weighted by molar-refractivity contribution is -0.0415. The largest absolute Gasteiger partial charge is 0.376 e. The van der Waals surface area contributed by atoms with Crippen LogP contribution in [0.1, 0.15) is 40.0 Å². The van der Waals surface area contributed by atoms with Crippen LogP contribution < -0.4 is 5.32 Å². The third-order valence-corrected chi connectivity index (χ3v) is 5.20. The molecule has 0 aromatic heterocycles. The molecule has 3 heteroatoms. The van der Waals surface area contributed by atoms with Crippen molar-refractivity contribution in [1.29, 1.82) is 0 Å². The molecule has 0 aromatic rings. The fourth-order valence-electron chi connectivity index (χ4n) is 4.04. The molecule has 112 valence electrons. The highest BCUT2D eigenvalue weighted by Gasteiger charge is 2.34. The quantitative estimate of drug-likeness (QED) is 0.847. The van der Waals surface area contributed by atoms with Gasteiger partial charge >= 0.3 is 0 Å². The zero-order valence-electron chi connectivity index (χ0n) is 13.2. The van der Waals surface area contributed by atoms with Crippen molar-refractivity contribution in [3.05, 3.63) is 0 Å². The van der Waals surface area contributed by atoms with Gasteiger partial charge in [0.15, 0.2) is 0 Å². The summed E-state index contributed by atoms with van der Waals surface area (Å²) in [4.78, 5) is 2.64. The molecule has 5 unspecified atom stereocenters. The predicted molar refractivity (Wildman–Crippen MR) is 80.4 cm³/mol. The Labute approximate surface area is 119 Å². The molecule has 2 fully saturated rings. The summed E-state index contributed by atoms with van der Waals surface area (Å²) >= 11 is 0. The summed E-state index contributed by atoms with van der Waals surface area (Å²) < 4.78 is 5.79. The van der Waals surface area contributed by atoms with E-state index in [0.717, 1.165) is 43.9 Å². The van der Waals surface area contributed by atoms with Gasteiger partial charge in [-0.3, -0.25) is 4.90 Å². The summed E-state index contributed by atoms with van der Waals surface area (Å²) in [6.45, 7) is 11.5. The van der Waals surface area contributed by atoms with Crippen LogP contribution in [0.3, 0.4) is 0 Å². The molecule has 1 aliphatic heterocycles. The first-order chi connectivity index (χ1) is 9.13. The average Bonchev–Trinajstić information content (AvgIpc) is 2.41. The molecular formula is C16H32N2O. The number of hydrogen-bond acceptors (Lipinski definition) is 3. The van der Waals surface area contributed by atoms with Crippen molar-refractivity contribution in [2.45, 2.75) is 52.2 Å². The third kappa shape index (κ3) is 3.93. The topological polar surface area (TPSA) is 24.5 Å². The number of rotatable bonds is 4. The Balaban J connectivity index is 1.92. The molecular weight excluding hydrogens is 236 g/mol. The highest BCUT2D eigenvalue weighted by atomic mass is 16.5. The van der Waals surface area contributed by atoms with Crippen LogP contribution in [0.25, 0.3) is 0 Å². The number of morpholine rings is 1. The Morgan fingerprint density at radius 2 is 2.05 bits per heavy atom. The fourth-order valence-corrected chi connectivity index (χ4v) is 4.04. The zero-order valence-corrected chi connectivity index (χ0v) is 13.2. The molecule has 0 bridgehead atoms. The van der Waals surface area contributed by atoms with Crippen LogP contribution in [0, 0.1) is 17.8 Å². The molecule has 0 aromatic carbocycles. The smallest absolute Gasteiger partial charge is 0.0700 e. The van der Waals surface area contributed by atoms with Crippen LogP contribution in [0.15, 0.2) is 0 Å². The molecule has 1 heterocycles. The molecule has 2 aliphatic rings. The lowest BCUT2D eigenvalue weighted by atomic mass is 9.72. The second kappa shape index (κ2) is 7.05. The first-order valence-corrected chi connectivity index (χ1v) is 8.15. The van der Waals surface area contributed by atoms with Gasteiger partial charge in [-0.15, -0.1) is 0 Å². The Kier molecular flexibility index (Phi) is 5.67. The van der Waals surface area contributed by atoms with E-state index in [1.807, 2.05) is 0 Å². The third-order valence-electron chi connectivity index (χ3n) is 5.20. The van der Waals surface area contributed by atoms with Crippen molar-refractivity contribution < 1.29 is 4.74 Å². The lowest BCUT2D eigenvalue weighted by Crippen LogP contribution is -2.51. The molecule has 1 saturated carbocycles. The molecule has 2 rings (SSSR count). The standard InChI is InChI=1S/C16H32N2O/c1-5-14-10-18(6-7-19-14)11-15-13(3)8-12(2)9-16(15)17-4/h12-17H,5-11H2,1-4H3. The van der Waals surface area contributed by atoms with E-state index < -0.39 is 0 Å². The first kappa shape index (κ1) is 15.3. The highest BCUT2D eigenvalue weighted by molar-refractivity contribution is 4.89. The van der Waals surface area contributed by atoms with Gasteiger partial charge in [0.1, 0.15) is 0 Å². The van der Waals surface area contributed by atoms with Gasteiger partial charge in [0.25, 0.3) is 0 Å². The number of ether oxygens (including phenoxy) is 1. The van der Waals surface area contributed by atoms with Gasteiger partial charge in [0.2, 0.25) is 0 Å². The molecule has 1 saturated heterocycles. The molecule has 1 aliphatic carbocycles. The van der Waals surface area contributed by atoms with Crippen molar-refractivity contribution in [3.63, 3.8) is 0 Å². The predicted octanol–water partition coefficient (Wildman–Crippen LogP) is 2.37. The number of nitrogens with one attached hydrogen (secondary N) is 1. The minimum Gasteiger partial charge on any atom is -0.376 e. The Hall–Kier alpha value is -0.120. The minimum atomic E-state index is 0.458. The van der Waals surface area contributed by atoms with Crippen molar-refractivity contribution in [2.75, 3.05) is 33.3 Å². The lowest BCUT2D eigenvalue weighted by Gasteiger charge is -2.43. The van der Waals surface area contributed by atoms with E-state index in [-0.39, 0.29) is 0 Å². The van der Waals surface area contributed by atoms with E-state index in [9.17, 15) is 0 Å². The molecule has 0 radical (unpaired) electrons. The van der Waals surface area contributed by atoms with E-state index in [1.54, 1.807) is 0 Å². The summed E-state index contributed by atoms with van der Waals surface area (Å²) in [5.41, 5.74) is 0. The molecule has 3 nitrogen and oxygen atoms in total. The summed E-state index contributed by atoms with van der Waals surface area (Å²) in [5, 5.41) is 3.57. The molecule has 0 spiro atoms. The maximum atomic E-state index is 5.79. The minimum absolute atomic E-state index is 0.458. The zero-order chi connectivity index (χ0) is 13.8. The average molecular weight is 268 g/mol. The van der Waals surface area contributed by atoms with Gasteiger partial charge in [-0.25, -0.2) is 0 Å². The van der Waals surface area contributed by atoms with Crippen molar-refractivity contribution in [3.8, 4) is 0 Å². The van der Waals surface area contributed by atoms with Crippen LogP contribution >= 0.6 is 0 Å². The fraction of sp³-hybridized carbons (Fsp3) is 1.00. The summed E-state index contributed by atoms with van der Waals surface area (Å²) in [6, 6.07) is 0.696. The summed E-state index contributed by atoms with van der Waals surface area (Å²) in [7, 11) is 2.14. The summed E-state index contributed by atoms with van der Waals surface area (Å²) in [6.07, 6.45) is 4.33. The van der Waals surface area contributed by atoms with E-state index in [2.05, 4.69) is 38.0 Å². The van der Waals surface area contributed by atoms with Crippen LogP contribution in [0.2, 0.25) is 0 Å². The first-order valence-electron chi connectivity index (χ1n) is 8.15. The van der Waals surface area contributed by atoms with Gasteiger partial charge in [0, 0.05) is 25.7 Å². The van der Waals surface area contributed by atoms with Crippen LogP contribution in [-0.4, -0.2) is 50.3 Å². The van der Waals surface area contributed by atoms with Crippen molar-refractivity contribution in [2.24, 2.45) is 17.8 Å². The second-order valence-electron chi connectivity index (χ2n) is 6.77. The van der Waals surface area contributed by atoms with E-state index >= 15 is 0 Å². The Bertz CT molecular complexity index is 271. The van der Waals surface area contributed by atoms with Gasteiger partial charge in [0.05, 0.1) is 12.7 Å². The van der Waals surface area contributed by atoms with E-state index in [0.29, 0.717) is 12.1 Å². The van der Waals surface area contributed by atoms with E-state index in [4.69, 9.17) is 4.74 Å². The van der Waals surface area contributed by atoms with Gasteiger partial charge in [-0.05, 0) is 44.1 Å². The van der Waals surface area contributed by atoms with Crippen molar-refractivity contribution in [1.82, 2.24) is 10.2 Å². The van der Waals surface area contributed by atoms with E-state index in [1.165, 1.54) is 19.4 Å². The second-order valence-corrected chi connectivity index (χ2v) is 6.77. The Morgan fingerprint density at radius 3 is 2.74 bits per heavy atom. The SMILES string of the molecule is CCC1CN(CC2C(C)CC(C)CC2NC)CCO1. The van der Waals surface area contributed by atoms with Gasteiger partial charge in [-0.2, -0.15) is 0 Å². The van der Waals surface area contributed by atoms with Crippen LogP contribution in [0.4, 0.5) is 0 Å². The number of nitrogens with zero attached hydrogens (tertiary/aromatic N) is 1. The van der Waals surface area contributed by atoms with Crippen LogP contribution in [0.5, 0.6) is 0 Å². The highest BCUT2D eigenvalue weighted by Crippen LogP contribution is 2.34. The monoisotopic (exact) mass is 268 g/mol. The van der Waals surface area contributed by atoms with Crippen LogP contribution in [-0.2, 0) is 4.74 Å².